The molecule has 0 spiro atoms. The third-order valence-electron chi connectivity index (χ3n) is 2.70. The topological polar surface area (TPSA) is 105 Å². The summed E-state index contributed by atoms with van der Waals surface area (Å²) in [6.45, 7) is 3.75. The van der Waals surface area contributed by atoms with E-state index in [1.807, 2.05) is 13.8 Å². The molecule has 1 aromatic heterocycles. The molecule has 18 heavy (non-hydrogen) atoms. The van der Waals surface area contributed by atoms with Crippen LogP contribution in [0.25, 0.3) is 0 Å². The highest BCUT2D eigenvalue weighted by Gasteiger charge is 2.23. The summed E-state index contributed by atoms with van der Waals surface area (Å²) in [6, 6.07) is -0.166. The van der Waals surface area contributed by atoms with Gasteiger partial charge in [-0.05, 0) is 24.9 Å². The molecule has 0 fully saturated rings. The van der Waals surface area contributed by atoms with Crippen LogP contribution in [0.1, 0.15) is 35.6 Å². The predicted octanol–water partition coefficient (Wildman–Crippen LogP) is 0.698. The molecule has 0 saturated heterocycles. The fourth-order valence-corrected chi connectivity index (χ4v) is 2.18. The summed E-state index contributed by atoms with van der Waals surface area (Å²) in [5.41, 5.74) is 6.13. The van der Waals surface area contributed by atoms with Crippen molar-refractivity contribution in [3.05, 3.63) is 10.6 Å². The van der Waals surface area contributed by atoms with Crippen molar-refractivity contribution in [2.45, 2.75) is 32.7 Å². The Bertz CT molecular complexity index is 445. The van der Waals surface area contributed by atoms with E-state index in [1.165, 1.54) is 0 Å². The lowest BCUT2D eigenvalue weighted by Crippen LogP contribution is -2.37. The van der Waals surface area contributed by atoms with E-state index in [0.29, 0.717) is 23.4 Å². The average molecular weight is 271 g/mol. The van der Waals surface area contributed by atoms with Crippen LogP contribution in [-0.4, -0.2) is 44.5 Å². The standard InChI is InChI=1S/C10H17N5O2S/c1-4-7-9(18-14-12-7)10(16)15(3)6(2)5-8(11)13-17/h6,17H,4-5H2,1-3H3,(H2,11,13). The van der Waals surface area contributed by atoms with Gasteiger partial charge in [0.25, 0.3) is 5.91 Å². The van der Waals surface area contributed by atoms with Gasteiger partial charge in [-0.25, -0.2) is 0 Å². The third-order valence-corrected chi connectivity index (χ3v) is 3.46. The number of amidine groups is 1. The van der Waals surface area contributed by atoms with Crippen molar-refractivity contribution in [2.75, 3.05) is 7.05 Å². The van der Waals surface area contributed by atoms with Crippen LogP contribution < -0.4 is 5.73 Å². The molecule has 100 valence electrons. The van der Waals surface area contributed by atoms with Gasteiger partial charge in [0.1, 0.15) is 10.7 Å². The van der Waals surface area contributed by atoms with Gasteiger partial charge < -0.3 is 15.8 Å². The number of carbonyl (C=O) groups is 1. The summed E-state index contributed by atoms with van der Waals surface area (Å²) in [6.07, 6.45) is 0.979. The van der Waals surface area contributed by atoms with Gasteiger partial charge in [-0.1, -0.05) is 16.6 Å². The molecule has 0 aromatic carbocycles. The summed E-state index contributed by atoms with van der Waals surface area (Å²) < 4.78 is 3.79. The van der Waals surface area contributed by atoms with E-state index >= 15 is 0 Å². The molecule has 1 unspecified atom stereocenters. The Morgan fingerprint density at radius 3 is 2.89 bits per heavy atom. The Kier molecular flexibility index (Phi) is 5.02. The Labute approximate surface area is 109 Å². The first-order chi connectivity index (χ1) is 8.51. The molecule has 1 amide bonds. The molecule has 7 nitrogen and oxygen atoms in total. The molecule has 1 heterocycles. The van der Waals surface area contributed by atoms with Gasteiger partial charge in [-0.15, -0.1) is 5.10 Å². The molecule has 1 aromatic rings. The highest BCUT2D eigenvalue weighted by molar-refractivity contribution is 7.08. The second-order valence-electron chi connectivity index (χ2n) is 3.96. The maximum absolute atomic E-state index is 12.2. The average Bonchev–Trinajstić information content (AvgIpc) is 2.84. The number of hydrogen-bond acceptors (Lipinski definition) is 6. The Morgan fingerprint density at radius 2 is 2.33 bits per heavy atom. The molecule has 0 aliphatic carbocycles. The predicted molar refractivity (Wildman–Crippen MR) is 68.9 cm³/mol. The number of oxime groups is 1. The molecule has 0 aliphatic rings. The van der Waals surface area contributed by atoms with E-state index in [-0.39, 0.29) is 17.8 Å². The normalized spacial score (nSPS) is 13.4. The zero-order valence-corrected chi connectivity index (χ0v) is 11.4. The van der Waals surface area contributed by atoms with E-state index in [2.05, 4.69) is 14.7 Å². The molecule has 0 bridgehead atoms. The lowest BCUT2D eigenvalue weighted by atomic mass is 10.2. The van der Waals surface area contributed by atoms with Crippen LogP contribution in [0.2, 0.25) is 0 Å². The molecular formula is C10H17N5O2S. The molecular weight excluding hydrogens is 254 g/mol. The molecule has 8 heteroatoms. The summed E-state index contributed by atoms with van der Waals surface area (Å²) in [4.78, 5) is 14.3. The zero-order valence-electron chi connectivity index (χ0n) is 10.6. The van der Waals surface area contributed by atoms with Crippen LogP contribution in [0, 0.1) is 0 Å². The van der Waals surface area contributed by atoms with E-state index in [0.717, 1.165) is 11.5 Å². The molecule has 1 rings (SSSR count). The Morgan fingerprint density at radius 1 is 1.67 bits per heavy atom. The maximum Gasteiger partial charge on any atom is 0.267 e. The van der Waals surface area contributed by atoms with Crippen LogP contribution in [0.4, 0.5) is 0 Å². The molecule has 1 atom stereocenters. The van der Waals surface area contributed by atoms with E-state index < -0.39 is 0 Å². The van der Waals surface area contributed by atoms with Gasteiger partial charge in [0.2, 0.25) is 0 Å². The van der Waals surface area contributed by atoms with Gasteiger partial charge in [0, 0.05) is 19.5 Å². The number of hydrogen-bond donors (Lipinski definition) is 2. The smallest absolute Gasteiger partial charge is 0.267 e. The Hall–Kier alpha value is -1.70. The lowest BCUT2D eigenvalue weighted by molar-refractivity contribution is 0.0751. The second-order valence-corrected chi connectivity index (χ2v) is 4.72. The van der Waals surface area contributed by atoms with Gasteiger partial charge in [0.15, 0.2) is 0 Å². The number of amides is 1. The monoisotopic (exact) mass is 271 g/mol. The Balaban J connectivity index is 2.78. The number of rotatable bonds is 5. The minimum Gasteiger partial charge on any atom is -0.409 e. The summed E-state index contributed by atoms with van der Waals surface area (Å²) in [5, 5.41) is 15.3. The molecule has 3 N–H and O–H groups in total. The van der Waals surface area contributed by atoms with Crippen molar-refractivity contribution >= 4 is 23.3 Å². The fourth-order valence-electron chi connectivity index (χ4n) is 1.44. The minimum absolute atomic E-state index is 0.0975. The lowest BCUT2D eigenvalue weighted by Gasteiger charge is -2.23. The summed E-state index contributed by atoms with van der Waals surface area (Å²) >= 11 is 1.09. The molecule has 0 aliphatic heterocycles. The third kappa shape index (κ3) is 3.16. The number of carbonyl (C=O) groups excluding carboxylic acids is 1. The van der Waals surface area contributed by atoms with Crippen LogP contribution in [0.5, 0.6) is 0 Å². The SMILES string of the molecule is CCc1nnsc1C(=O)N(C)C(C)CC(N)=NO. The second kappa shape index (κ2) is 6.29. The van der Waals surface area contributed by atoms with E-state index in [4.69, 9.17) is 10.9 Å². The van der Waals surface area contributed by atoms with Crippen molar-refractivity contribution in [1.29, 1.82) is 0 Å². The van der Waals surface area contributed by atoms with Crippen LogP contribution in [0.15, 0.2) is 5.16 Å². The van der Waals surface area contributed by atoms with E-state index in [9.17, 15) is 4.79 Å². The van der Waals surface area contributed by atoms with Gasteiger partial charge in [0.05, 0.1) is 5.69 Å². The van der Waals surface area contributed by atoms with Crippen molar-refractivity contribution in [1.82, 2.24) is 14.5 Å². The first-order valence-electron chi connectivity index (χ1n) is 5.56. The van der Waals surface area contributed by atoms with Crippen molar-refractivity contribution < 1.29 is 10.0 Å². The van der Waals surface area contributed by atoms with Gasteiger partial charge in [-0.2, -0.15) is 0 Å². The number of nitrogens with two attached hydrogens (primary N) is 1. The number of aromatic nitrogens is 2. The highest BCUT2D eigenvalue weighted by Crippen LogP contribution is 2.15. The first-order valence-corrected chi connectivity index (χ1v) is 6.33. The van der Waals surface area contributed by atoms with Crippen molar-refractivity contribution in [3.8, 4) is 0 Å². The quantitative estimate of drug-likeness (QED) is 0.355. The molecule has 0 saturated carbocycles. The largest absolute Gasteiger partial charge is 0.409 e. The van der Waals surface area contributed by atoms with E-state index in [1.54, 1.807) is 11.9 Å². The minimum atomic E-state index is -0.166. The zero-order chi connectivity index (χ0) is 13.7. The first kappa shape index (κ1) is 14.4. The van der Waals surface area contributed by atoms with Gasteiger partial charge >= 0.3 is 0 Å². The molecule has 0 radical (unpaired) electrons. The summed E-state index contributed by atoms with van der Waals surface area (Å²) in [7, 11) is 1.68. The maximum atomic E-state index is 12.2. The summed E-state index contributed by atoms with van der Waals surface area (Å²) in [5.74, 6) is -0.0413. The van der Waals surface area contributed by atoms with Gasteiger partial charge in [-0.3, -0.25) is 4.79 Å². The highest BCUT2D eigenvalue weighted by atomic mass is 32.1. The number of aryl methyl sites for hydroxylation is 1. The van der Waals surface area contributed by atoms with Crippen LogP contribution in [-0.2, 0) is 6.42 Å². The van der Waals surface area contributed by atoms with Crippen molar-refractivity contribution in [3.63, 3.8) is 0 Å². The van der Waals surface area contributed by atoms with Crippen LogP contribution in [0.3, 0.4) is 0 Å². The van der Waals surface area contributed by atoms with Crippen molar-refractivity contribution in [2.24, 2.45) is 10.9 Å². The fraction of sp³-hybridized carbons (Fsp3) is 0.600. The van der Waals surface area contributed by atoms with Crippen LogP contribution >= 0.6 is 11.5 Å². The number of nitrogens with zero attached hydrogens (tertiary/aromatic N) is 4.